The lowest BCUT2D eigenvalue weighted by molar-refractivity contribution is 0.103. The molecule has 0 aliphatic rings. The highest BCUT2D eigenvalue weighted by molar-refractivity contribution is 7.12. The van der Waals surface area contributed by atoms with Gasteiger partial charge in [-0.1, -0.05) is 30.3 Å². The van der Waals surface area contributed by atoms with Gasteiger partial charge in [0.15, 0.2) is 0 Å². The number of rotatable bonds is 5. The Hall–Kier alpha value is -2.86. The second kappa shape index (κ2) is 7.14. The zero-order valence-corrected chi connectivity index (χ0v) is 14.1. The zero-order chi connectivity index (χ0) is 16.9. The molecule has 5 nitrogen and oxygen atoms in total. The molecule has 3 rings (SSSR count). The largest absolute Gasteiger partial charge is 0.497 e. The van der Waals surface area contributed by atoms with Crippen molar-refractivity contribution in [1.82, 2.24) is 4.98 Å². The standard InChI is InChI=1S/C18H16N2O3S/c1-22-14-8-13(9-15(10-14)23-2)20-18(21)17-16(19-11-24-17)12-6-4-3-5-7-12/h3-11H,1-2H3,(H,20,21). The number of nitrogens with one attached hydrogen (secondary N) is 1. The van der Waals surface area contributed by atoms with Crippen molar-refractivity contribution in [2.24, 2.45) is 0 Å². The number of aromatic nitrogens is 1. The first-order chi connectivity index (χ1) is 11.7. The van der Waals surface area contributed by atoms with Crippen molar-refractivity contribution in [2.75, 3.05) is 19.5 Å². The van der Waals surface area contributed by atoms with E-state index in [0.717, 1.165) is 5.56 Å². The van der Waals surface area contributed by atoms with Crippen LogP contribution in [0.15, 0.2) is 54.0 Å². The Morgan fingerprint density at radius 3 is 2.33 bits per heavy atom. The van der Waals surface area contributed by atoms with E-state index in [2.05, 4.69) is 10.3 Å². The van der Waals surface area contributed by atoms with Gasteiger partial charge in [-0.25, -0.2) is 4.98 Å². The van der Waals surface area contributed by atoms with Crippen LogP contribution in [0.3, 0.4) is 0 Å². The number of thiazole rings is 1. The van der Waals surface area contributed by atoms with Gasteiger partial charge in [-0.2, -0.15) is 0 Å². The molecule has 0 spiro atoms. The topological polar surface area (TPSA) is 60.5 Å². The van der Waals surface area contributed by atoms with Crippen LogP contribution in [0.2, 0.25) is 0 Å². The van der Waals surface area contributed by atoms with Gasteiger partial charge in [0.05, 0.1) is 25.4 Å². The number of carbonyl (C=O) groups is 1. The molecule has 0 bridgehead atoms. The first-order valence-electron chi connectivity index (χ1n) is 7.24. The Morgan fingerprint density at radius 2 is 1.71 bits per heavy atom. The van der Waals surface area contributed by atoms with Gasteiger partial charge in [0.25, 0.3) is 5.91 Å². The summed E-state index contributed by atoms with van der Waals surface area (Å²) in [6.07, 6.45) is 0. The molecule has 0 aliphatic heterocycles. The van der Waals surface area contributed by atoms with Crippen molar-refractivity contribution >= 4 is 22.9 Å². The minimum atomic E-state index is -0.216. The van der Waals surface area contributed by atoms with Crippen LogP contribution in [-0.2, 0) is 0 Å². The molecule has 1 amide bonds. The van der Waals surface area contributed by atoms with E-state index in [1.807, 2.05) is 30.3 Å². The first-order valence-corrected chi connectivity index (χ1v) is 8.12. The van der Waals surface area contributed by atoms with Crippen LogP contribution in [0.25, 0.3) is 11.3 Å². The molecule has 0 radical (unpaired) electrons. The summed E-state index contributed by atoms with van der Waals surface area (Å²) < 4.78 is 10.4. The molecule has 1 heterocycles. The maximum absolute atomic E-state index is 12.6. The molecule has 0 aliphatic carbocycles. The van der Waals surface area contributed by atoms with Crippen molar-refractivity contribution < 1.29 is 14.3 Å². The number of ether oxygens (including phenoxy) is 2. The van der Waals surface area contributed by atoms with E-state index < -0.39 is 0 Å². The van der Waals surface area contributed by atoms with Crippen LogP contribution >= 0.6 is 11.3 Å². The highest BCUT2D eigenvalue weighted by Crippen LogP contribution is 2.29. The van der Waals surface area contributed by atoms with Gasteiger partial charge in [0.2, 0.25) is 0 Å². The number of benzene rings is 2. The first kappa shape index (κ1) is 16.0. The molecule has 0 unspecified atom stereocenters. The molecule has 0 saturated carbocycles. The summed E-state index contributed by atoms with van der Waals surface area (Å²) in [6, 6.07) is 14.9. The Morgan fingerprint density at radius 1 is 1.04 bits per heavy atom. The summed E-state index contributed by atoms with van der Waals surface area (Å²) in [5.74, 6) is 1.00. The smallest absolute Gasteiger partial charge is 0.268 e. The summed E-state index contributed by atoms with van der Waals surface area (Å²) in [7, 11) is 3.13. The minimum Gasteiger partial charge on any atom is -0.497 e. The summed E-state index contributed by atoms with van der Waals surface area (Å²) in [5.41, 5.74) is 3.85. The van der Waals surface area contributed by atoms with Crippen LogP contribution in [0.4, 0.5) is 5.69 Å². The molecule has 6 heteroatoms. The number of methoxy groups -OCH3 is 2. The number of amides is 1. The fourth-order valence-electron chi connectivity index (χ4n) is 2.28. The fourth-order valence-corrected chi connectivity index (χ4v) is 2.98. The molecule has 2 aromatic carbocycles. The highest BCUT2D eigenvalue weighted by Gasteiger charge is 2.17. The Labute approximate surface area is 143 Å². The van der Waals surface area contributed by atoms with Crippen molar-refractivity contribution in [2.45, 2.75) is 0 Å². The number of nitrogens with zero attached hydrogens (tertiary/aromatic N) is 1. The van der Waals surface area contributed by atoms with Gasteiger partial charge in [0.1, 0.15) is 16.4 Å². The maximum atomic E-state index is 12.6. The van der Waals surface area contributed by atoms with Gasteiger partial charge >= 0.3 is 0 Å². The average molecular weight is 340 g/mol. The number of hydrogen-bond acceptors (Lipinski definition) is 5. The van der Waals surface area contributed by atoms with Gasteiger partial charge in [-0.15, -0.1) is 11.3 Å². The summed E-state index contributed by atoms with van der Waals surface area (Å²) >= 11 is 1.31. The highest BCUT2D eigenvalue weighted by atomic mass is 32.1. The molecular weight excluding hydrogens is 324 g/mol. The van der Waals surface area contributed by atoms with E-state index in [1.165, 1.54) is 11.3 Å². The van der Waals surface area contributed by atoms with Crippen molar-refractivity contribution in [3.8, 4) is 22.8 Å². The van der Waals surface area contributed by atoms with Gasteiger partial charge in [-0.3, -0.25) is 4.79 Å². The van der Waals surface area contributed by atoms with Gasteiger partial charge < -0.3 is 14.8 Å². The Balaban J connectivity index is 1.88. The Kier molecular flexibility index (Phi) is 4.77. The van der Waals surface area contributed by atoms with Crippen molar-refractivity contribution in [3.63, 3.8) is 0 Å². The molecule has 1 aromatic heterocycles. The lowest BCUT2D eigenvalue weighted by Crippen LogP contribution is -2.11. The molecule has 24 heavy (non-hydrogen) atoms. The van der Waals surface area contributed by atoms with Crippen LogP contribution in [0.1, 0.15) is 9.67 Å². The van der Waals surface area contributed by atoms with E-state index in [9.17, 15) is 4.79 Å². The number of hydrogen-bond donors (Lipinski definition) is 1. The van der Waals surface area contributed by atoms with E-state index in [1.54, 1.807) is 37.9 Å². The summed E-state index contributed by atoms with van der Waals surface area (Å²) in [5, 5.41) is 2.88. The SMILES string of the molecule is COc1cc(NC(=O)c2scnc2-c2ccccc2)cc(OC)c1. The Bertz CT molecular complexity index is 824. The summed E-state index contributed by atoms with van der Waals surface area (Å²) in [6.45, 7) is 0. The molecule has 0 fully saturated rings. The predicted molar refractivity (Wildman–Crippen MR) is 95.0 cm³/mol. The van der Waals surface area contributed by atoms with Crippen LogP contribution < -0.4 is 14.8 Å². The molecule has 0 saturated heterocycles. The van der Waals surface area contributed by atoms with E-state index in [4.69, 9.17) is 9.47 Å². The maximum Gasteiger partial charge on any atom is 0.268 e. The zero-order valence-electron chi connectivity index (χ0n) is 13.3. The van der Waals surface area contributed by atoms with E-state index in [0.29, 0.717) is 27.8 Å². The quantitative estimate of drug-likeness (QED) is 0.760. The monoisotopic (exact) mass is 340 g/mol. The predicted octanol–water partition coefficient (Wildman–Crippen LogP) is 4.08. The van der Waals surface area contributed by atoms with Crippen LogP contribution in [0.5, 0.6) is 11.5 Å². The van der Waals surface area contributed by atoms with Gasteiger partial charge in [0, 0.05) is 29.4 Å². The molecule has 0 atom stereocenters. The number of carbonyl (C=O) groups excluding carboxylic acids is 1. The van der Waals surface area contributed by atoms with Crippen LogP contribution in [0, 0.1) is 0 Å². The average Bonchev–Trinajstić information content (AvgIpc) is 3.12. The summed E-state index contributed by atoms with van der Waals surface area (Å²) in [4.78, 5) is 17.5. The molecular formula is C18H16N2O3S. The van der Waals surface area contributed by atoms with E-state index >= 15 is 0 Å². The second-order valence-electron chi connectivity index (χ2n) is 4.95. The lowest BCUT2D eigenvalue weighted by Gasteiger charge is -2.10. The van der Waals surface area contributed by atoms with E-state index in [-0.39, 0.29) is 5.91 Å². The third-order valence-electron chi connectivity index (χ3n) is 3.43. The molecule has 1 N–H and O–H groups in total. The van der Waals surface area contributed by atoms with Crippen LogP contribution in [-0.4, -0.2) is 25.1 Å². The number of anilines is 1. The minimum absolute atomic E-state index is 0.216. The lowest BCUT2D eigenvalue weighted by atomic mass is 10.1. The van der Waals surface area contributed by atoms with Crippen molar-refractivity contribution in [3.05, 3.63) is 58.9 Å². The van der Waals surface area contributed by atoms with Gasteiger partial charge in [-0.05, 0) is 0 Å². The fraction of sp³-hybridized carbons (Fsp3) is 0.111. The molecule has 122 valence electrons. The third kappa shape index (κ3) is 3.38. The van der Waals surface area contributed by atoms with Crippen molar-refractivity contribution in [1.29, 1.82) is 0 Å². The normalized spacial score (nSPS) is 10.2. The second-order valence-corrected chi connectivity index (χ2v) is 5.81. The molecule has 3 aromatic rings. The third-order valence-corrected chi connectivity index (χ3v) is 4.26.